The van der Waals surface area contributed by atoms with Crippen molar-refractivity contribution < 1.29 is 8.42 Å². The molecular formula is C28H30N2O2S. The number of rotatable bonds is 3. The predicted octanol–water partition coefficient (Wildman–Crippen LogP) is 4.98. The molecule has 0 bridgehead atoms. The highest BCUT2D eigenvalue weighted by Crippen LogP contribution is 2.41. The van der Waals surface area contributed by atoms with Crippen LogP contribution < -0.4 is 10.6 Å². The monoisotopic (exact) mass is 458 g/mol. The Kier molecular flexibility index (Phi) is 6.67. The predicted molar refractivity (Wildman–Crippen MR) is 131 cm³/mol. The van der Waals surface area contributed by atoms with Crippen molar-refractivity contribution in [3.63, 3.8) is 0 Å². The zero-order valence-corrected chi connectivity index (χ0v) is 20.3. The maximum atomic E-state index is 14.0. The van der Waals surface area contributed by atoms with Crippen LogP contribution in [0.5, 0.6) is 0 Å². The summed E-state index contributed by atoms with van der Waals surface area (Å²) in [5, 5.41) is 10.8. The van der Waals surface area contributed by atoms with E-state index in [4.69, 9.17) is 5.26 Å². The van der Waals surface area contributed by atoms with E-state index >= 15 is 0 Å². The molecule has 2 unspecified atom stereocenters. The molecule has 1 fully saturated rings. The third-order valence-corrected chi connectivity index (χ3v) is 8.81. The molecule has 0 amide bonds. The van der Waals surface area contributed by atoms with Crippen LogP contribution in [-0.2, 0) is 9.84 Å². The van der Waals surface area contributed by atoms with E-state index in [9.17, 15) is 8.42 Å². The minimum absolute atomic E-state index is 0.123. The van der Waals surface area contributed by atoms with E-state index < -0.39 is 9.84 Å². The molecule has 4 rings (SSSR count). The van der Waals surface area contributed by atoms with Crippen LogP contribution in [0.2, 0.25) is 0 Å². The summed E-state index contributed by atoms with van der Waals surface area (Å²) in [4.78, 5) is 5.20. The molecule has 33 heavy (non-hydrogen) atoms. The lowest BCUT2D eigenvalue weighted by atomic mass is 9.81. The third-order valence-electron chi connectivity index (χ3n) is 6.98. The molecule has 0 aromatic heterocycles. The van der Waals surface area contributed by atoms with Crippen molar-refractivity contribution in [3.8, 4) is 6.07 Å². The summed E-state index contributed by atoms with van der Waals surface area (Å²) in [5.74, 6) is 1.12. The summed E-state index contributed by atoms with van der Waals surface area (Å²) in [6, 6.07) is 14.4. The van der Waals surface area contributed by atoms with E-state index in [0.29, 0.717) is 22.3 Å². The van der Waals surface area contributed by atoms with Gasteiger partial charge in [0.25, 0.3) is 0 Å². The van der Waals surface area contributed by atoms with Gasteiger partial charge in [-0.25, -0.2) is 8.42 Å². The summed E-state index contributed by atoms with van der Waals surface area (Å²) in [5.41, 5.74) is 2.41. The second-order valence-corrected chi connectivity index (χ2v) is 11.3. The van der Waals surface area contributed by atoms with Gasteiger partial charge in [-0.05, 0) is 91.1 Å². The molecule has 1 aliphatic carbocycles. The van der Waals surface area contributed by atoms with Crippen molar-refractivity contribution in [2.75, 3.05) is 0 Å². The first-order valence-electron chi connectivity index (χ1n) is 11.6. The van der Waals surface area contributed by atoms with Crippen molar-refractivity contribution in [1.82, 2.24) is 0 Å². The maximum absolute atomic E-state index is 14.0. The molecule has 170 valence electrons. The number of sulfone groups is 1. The Labute approximate surface area is 196 Å². The Morgan fingerprint density at radius 1 is 1.00 bits per heavy atom. The first kappa shape index (κ1) is 23.2. The number of nitriles is 1. The molecule has 2 aromatic rings. The number of benzene rings is 2. The zero-order valence-electron chi connectivity index (χ0n) is 19.5. The Bertz CT molecular complexity index is 1380. The van der Waals surface area contributed by atoms with Crippen molar-refractivity contribution in [3.05, 3.63) is 87.4 Å². The smallest absolute Gasteiger partial charge is 0.206 e. The fourth-order valence-corrected chi connectivity index (χ4v) is 6.53. The number of hydrogen-bond donors (Lipinski definition) is 0. The van der Waals surface area contributed by atoms with Crippen LogP contribution in [-0.4, -0.2) is 8.42 Å². The number of allylic oxidation sites excluding steroid dienone is 3. The SMILES string of the molecule is Cc1ccc2c(c1)=NC=CC=C(S(=O)(=O)c1ccc(C#N)cc1)C=2C1CCC(C)CC[C@H]1C. The minimum Gasteiger partial charge on any atom is -0.256 e. The fourth-order valence-electron chi connectivity index (χ4n) is 4.98. The van der Waals surface area contributed by atoms with Gasteiger partial charge in [0, 0.05) is 11.4 Å². The van der Waals surface area contributed by atoms with Gasteiger partial charge in [-0.2, -0.15) is 5.26 Å². The molecule has 0 radical (unpaired) electrons. The second kappa shape index (κ2) is 9.49. The van der Waals surface area contributed by atoms with Gasteiger partial charge in [0.2, 0.25) is 9.84 Å². The van der Waals surface area contributed by atoms with Gasteiger partial charge in [0.1, 0.15) is 0 Å². The molecule has 0 saturated heterocycles. The molecule has 3 atom stereocenters. The molecule has 4 nitrogen and oxygen atoms in total. The Balaban J connectivity index is 2.00. The highest BCUT2D eigenvalue weighted by atomic mass is 32.2. The molecular weight excluding hydrogens is 428 g/mol. The molecule has 1 aliphatic heterocycles. The van der Waals surface area contributed by atoms with Gasteiger partial charge < -0.3 is 0 Å². The van der Waals surface area contributed by atoms with E-state index in [0.717, 1.165) is 47.4 Å². The summed E-state index contributed by atoms with van der Waals surface area (Å²) in [7, 11) is -3.80. The molecule has 2 aromatic carbocycles. The summed E-state index contributed by atoms with van der Waals surface area (Å²) in [6.45, 7) is 6.57. The van der Waals surface area contributed by atoms with Gasteiger partial charge in [-0.15, -0.1) is 0 Å². The summed E-state index contributed by atoms with van der Waals surface area (Å²) >= 11 is 0. The summed E-state index contributed by atoms with van der Waals surface area (Å²) < 4.78 is 28.0. The summed E-state index contributed by atoms with van der Waals surface area (Å²) in [6.07, 6.45) is 9.38. The van der Waals surface area contributed by atoms with E-state index in [-0.39, 0.29) is 10.8 Å². The van der Waals surface area contributed by atoms with Gasteiger partial charge in [0.15, 0.2) is 0 Å². The average Bonchev–Trinajstić information content (AvgIpc) is 2.95. The number of fused-ring (bicyclic) bond motifs is 1. The largest absolute Gasteiger partial charge is 0.256 e. The van der Waals surface area contributed by atoms with Crippen LogP contribution in [0, 0.1) is 36.0 Å². The van der Waals surface area contributed by atoms with Crippen LogP contribution >= 0.6 is 0 Å². The van der Waals surface area contributed by atoms with E-state index in [1.807, 2.05) is 25.1 Å². The molecule has 5 heteroatoms. The Morgan fingerprint density at radius 2 is 1.73 bits per heavy atom. The van der Waals surface area contributed by atoms with Crippen molar-refractivity contribution in [2.45, 2.75) is 51.3 Å². The zero-order chi connectivity index (χ0) is 23.6. The van der Waals surface area contributed by atoms with Gasteiger partial charge in [0.05, 0.1) is 26.8 Å². The number of nitrogens with zero attached hydrogens (tertiary/aromatic N) is 2. The van der Waals surface area contributed by atoms with Gasteiger partial charge in [-0.3, -0.25) is 4.99 Å². The number of hydrogen-bond acceptors (Lipinski definition) is 4. The third kappa shape index (κ3) is 4.72. The van der Waals surface area contributed by atoms with Crippen LogP contribution in [0.15, 0.2) is 75.6 Å². The van der Waals surface area contributed by atoms with Crippen molar-refractivity contribution in [2.24, 2.45) is 22.7 Å². The Morgan fingerprint density at radius 3 is 2.45 bits per heavy atom. The molecule has 0 spiro atoms. The molecule has 0 N–H and O–H groups in total. The van der Waals surface area contributed by atoms with E-state index in [1.165, 1.54) is 12.1 Å². The highest BCUT2D eigenvalue weighted by molar-refractivity contribution is 7.95. The van der Waals surface area contributed by atoms with Crippen molar-refractivity contribution >= 4 is 15.4 Å². The topological polar surface area (TPSA) is 70.3 Å². The van der Waals surface area contributed by atoms with Crippen LogP contribution in [0.3, 0.4) is 0 Å². The second-order valence-electron chi connectivity index (χ2n) is 9.42. The van der Waals surface area contributed by atoms with Crippen LogP contribution in [0.25, 0.3) is 5.57 Å². The van der Waals surface area contributed by atoms with E-state index in [2.05, 4.69) is 24.9 Å². The lowest BCUT2D eigenvalue weighted by Gasteiger charge is -2.27. The minimum atomic E-state index is -3.80. The van der Waals surface area contributed by atoms with E-state index in [1.54, 1.807) is 30.5 Å². The standard InChI is InChI=1S/C28H30N2O2S/c1-19-6-9-21(3)24(14-7-19)28-25-15-8-20(2)17-26(25)30-16-4-5-27(28)33(31,32)23-12-10-22(18-29)11-13-23/h4-5,8,10-13,15-17,19,21,24H,6-7,9,14H2,1-3H3/t19?,21-,24?/m1/s1. The van der Waals surface area contributed by atoms with Crippen molar-refractivity contribution in [1.29, 1.82) is 5.26 Å². The van der Waals surface area contributed by atoms with Gasteiger partial charge in [-0.1, -0.05) is 38.8 Å². The lowest BCUT2D eigenvalue weighted by molar-refractivity contribution is 0.416. The molecule has 2 aliphatic rings. The Hall–Kier alpha value is -2.97. The molecule has 1 saturated carbocycles. The maximum Gasteiger partial charge on any atom is 0.206 e. The van der Waals surface area contributed by atoms with Crippen LogP contribution in [0.4, 0.5) is 0 Å². The van der Waals surface area contributed by atoms with Gasteiger partial charge >= 0.3 is 0 Å². The average molecular weight is 459 g/mol. The quantitative estimate of drug-likeness (QED) is 0.609. The fraction of sp³-hybridized carbons (Fsp3) is 0.357. The molecule has 1 heterocycles. The first-order chi connectivity index (χ1) is 15.8. The first-order valence-corrected chi connectivity index (χ1v) is 13.1. The highest BCUT2D eigenvalue weighted by Gasteiger charge is 2.33. The number of aryl methyl sites for hydroxylation is 1. The van der Waals surface area contributed by atoms with Crippen LogP contribution in [0.1, 0.15) is 50.7 Å². The normalized spacial score (nSPS) is 23.3. The lowest BCUT2D eigenvalue weighted by Crippen LogP contribution is -2.33.